The number of piperidine rings is 1. The normalized spacial score (nSPS) is 18.3. The fourth-order valence-electron chi connectivity index (χ4n) is 3.99. The molecule has 0 bridgehead atoms. The molecule has 3 rings (SSSR count). The first-order valence-electron chi connectivity index (χ1n) is 10.6. The number of hydrogen-bond acceptors (Lipinski definition) is 3. The number of rotatable bonds is 8. The minimum absolute atomic E-state index is 0.331. The van der Waals surface area contributed by atoms with Crippen LogP contribution in [-0.4, -0.2) is 54.3 Å². The van der Waals surface area contributed by atoms with Crippen LogP contribution in [0, 0.1) is 0 Å². The molecule has 2 heterocycles. The van der Waals surface area contributed by atoms with Crippen molar-refractivity contribution in [2.24, 2.45) is 0 Å². The third kappa shape index (κ3) is 5.24. The summed E-state index contributed by atoms with van der Waals surface area (Å²) < 4.78 is 0. The Kier molecular flexibility index (Phi) is 7.13. The van der Waals surface area contributed by atoms with E-state index < -0.39 is 0 Å². The molecule has 0 aliphatic carbocycles. The summed E-state index contributed by atoms with van der Waals surface area (Å²) in [4.78, 5) is 30.7. The minimum Gasteiger partial charge on any atom is -0.372 e. The summed E-state index contributed by atoms with van der Waals surface area (Å²) in [5, 5.41) is 0. The SMILES string of the molecule is CCCCCCN1CCN(Cc2ccc(N3CCCCC3)cc2)C(=O)C1=O. The first kappa shape index (κ1) is 19.7. The molecule has 5 heteroatoms. The van der Waals surface area contributed by atoms with Crippen molar-refractivity contribution < 1.29 is 9.59 Å². The van der Waals surface area contributed by atoms with E-state index in [1.807, 2.05) is 0 Å². The van der Waals surface area contributed by atoms with Crippen LogP contribution in [0.4, 0.5) is 5.69 Å². The molecule has 2 fully saturated rings. The van der Waals surface area contributed by atoms with Crippen molar-refractivity contribution in [3.05, 3.63) is 29.8 Å². The van der Waals surface area contributed by atoms with Crippen LogP contribution in [0.3, 0.4) is 0 Å². The van der Waals surface area contributed by atoms with Crippen LogP contribution >= 0.6 is 0 Å². The Labute approximate surface area is 163 Å². The van der Waals surface area contributed by atoms with Gasteiger partial charge in [-0.05, 0) is 43.4 Å². The topological polar surface area (TPSA) is 43.9 Å². The second kappa shape index (κ2) is 9.77. The van der Waals surface area contributed by atoms with Crippen LogP contribution < -0.4 is 4.90 Å². The lowest BCUT2D eigenvalue weighted by Gasteiger charge is -2.34. The number of carbonyl (C=O) groups excluding carboxylic acids is 2. The molecule has 1 aromatic rings. The first-order chi connectivity index (χ1) is 13.2. The van der Waals surface area contributed by atoms with Crippen molar-refractivity contribution in [3.8, 4) is 0 Å². The highest BCUT2D eigenvalue weighted by molar-refractivity contribution is 6.35. The quantitative estimate of drug-likeness (QED) is 0.519. The second-order valence-electron chi connectivity index (χ2n) is 7.79. The number of unbranched alkanes of at least 4 members (excludes halogenated alkanes) is 3. The van der Waals surface area contributed by atoms with E-state index in [1.165, 1.54) is 37.8 Å². The molecule has 0 unspecified atom stereocenters. The fraction of sp³-hybridized carbons (Fsp3) is 0.636. The van der Waals surface area contributed by atoms with E-state index in [-0.39, 0.29) is 11.8 Å². The summed E-state index contributed by atoms with van der Waals surface area (Å²) in [6, 6.07) is 8.49. The van der Waals surface area contributed by atoms with E-state index in [2.05, 4.69) is 36.1 Å². The number of carbonyl (C=O) groups is 2. The van der Waals surface area contributed by atoms with Crippen molar-refractivity contribution in [3.63, 3.8) is 0 Å². The molecule has 148 valence electrons. The zero-order chi connectivity index (χ0) is 19.1. The molecule has 0 N–H and O–H groups in total. The molecule has 27 heavy (non-hydrogen) atoms. The Morgan fingerprint density at radius 3 is 2.15 bits per heavy atom. The lowest BCUT2D eigenvalue weighted by Crippen LogP contribution is -2.54. The Morgan fingerprint density at radius 2 is 1.44 bits per heavy atom. The molecule has 5 nitrogen and oxygen atoms in total. The predicted octanol–water partition coefficient (Wildman–Crippen LogP) is 3.43. The molecule has 2 amide bonds. The van der Waals surface area contributed by atoms with Crippen LogP contribution in [0.2, 0.25) is 0 Å². The number of nitrogens with zero attached hydrogens (tertiary/aromatic N) is 3. The van der Waals surface area contributed by atoms with Gasteiger partial charge in [0.1, 0.15) is 0 Å². The summed E-state index contributed by atoms with van der Waals surface area (Å²) in [7, 11) is 0. The summed E-state index contributed by atoms with van der Waals surface area (Å²) in [5.41, 5.74) is 2.35. The average Bonchev–Trinajstić information content (AvgIpc) is 2.71. The smallest absolute Gasteiger partial charge is 0.312 e. The molecule has 0 atom stereocenters. The fourth-order valence-corrected chi connectivity index (χ4v) is 3.99. The molecule has 1 aromatic carbocycles. The lowest BCUT2D eigenvalue weighted by atomic mass is 10.1. The van der Waals surface area contributed by atoms with Crippen molar-refractivity contribution in [1.29, 1.82) is 0 Å². The summed E-state index contributed by atoms with van der Waals surface area (Å²) in [6.45, 7) is 6.96. The zero-order valence-electron chi connectivity index (χ0n) is 16.7. The van der Waals surface area contributed by atoms with Crippen LogP contribution in [-0.2, 0) is 16.1 Å². The Balaban J connectivity index is 1.50. The lowest BCUT2D eigenvalue weighted by molar-refractivity contribution is -0.156. The highest BCUT2D eigenvalue weighted by Crippen LogP contribution is 2.21. The average molecular weight is 372 g/mol. The van der Waals surface area contributed by atoms with E-state index in [0.29, 0.717) is 26.2 Å². The van der Waals surface area contributed by atoms with Gasteiger partial charge in [0.05, 0.1) is 0 Å². The maximum absolute atomic E-state index is 12.5. The van der Waals surface area contributed by atoms with Gasteiger partial charge in [0.15, 0.2) is 0 Å². The number of piperazine rings is 1. The van der Waals surface area contributed by atoms with Gasteiger partial charge in [0.25, 0.3) is 0 Å². The molecule has 2 aliphatic rings. The largest absolute Gasteiger partial charge is 0.372 e. The van der Waals surface area contributed by atoms with Gasteiger partial charge in [0, 0.05) is 45.0 Å². The molecular weight excluding hydrogens is 338 g/mol. The molecule has 0 spiro atoms. The summed E-state index contributed by atoms with van der Waals surface area (Å²) in [5.74, 6) is -0.681. The van der Waals surface area contributed by atoms with Crippen LogP contribution in [0.5, 0.6) is 0 Å². The zero-order valence-corrected chi connectivity index (χ0v) is 16.7. The van der Waals surface area contributed by atoms with Gasteiger partial charge in [-0.2, -0.15) is 0 Å². The van der Waals surface area contributed by atoms with Crippen molar-refractivity contribution in [1.82, 2.24) is 9.80 Å². The highest BCUT2D eigenvalue weighted by Gasteiger charge is 2.31. The molecule has 0 radical (unpaired) electrons. The maximum atomic E-state index is 12.5. The van der Waals surface area contributed by atoms with Crippen molar-refractivity contribution in [2.45, 2.75) is 58.4 Å². The molecule has 2 saturated heterocycles. The van der Waals surface area contributed by atoms with Crippen LogP contribution in [0.25, 0.3) is 0 Å². The summed E-state index contributed by atoms with van der Waals surface area (Å²) >= 11 is 0. The van der Waals surface area contributed by atoms with Crippen molar-refractivity contribution >= 4 is 17.5 Å². The van der Waals surface area contributed by atoms with E-state index >= 15 is 0 Å². The molecule has 0 saturated carbocycles. The number of amides is 2. The van der Waals surface area contributed by atoms with Crippen molar-refractivity contribution in [2.75, 3.05) is 37.6 Å². The monoisotopic (exact) mass is 371 g/mol. The highest BCUT2D eigenvalue weighted by atomic mass is 16.2. The molecule has 2 aliphatic heterocycles. The van der Waals surface area contributed by atoms with E-state index in [0.717, 1.165) is 31.5 Å². The van der Waals surface area contributed by atoms with Gasteiger partial charge in [-0.1, -0.05) is 38.3 Å². The third-order valence-corrected chi connectivity index (χ3v) is 5.71. The second-order valence-corrected chi connectivity index (χ2v) is 7.79. The maximum Gasteiger partial charge on any atom is 0.312 e. The number of anilines is 1. The van der Waals surface area contributed by atoms with Gasteiger partial charge < -0.3 is 14.7 Å². The van der Waals surface area contributed by atoms with Crippen LogP contribution in [0.15, 0.2) is 24.3 Å². The Bertz CT molecular complexity index is 623. The van der Waals surface area contributed by atoms with E-state index in [1.54, 1.807) is 9.80 Å². The number of benzene rings is 1. The van der Waals surface area contributed by atoms with Gasteiger partial charge in [-0.25, -0.2) is 0 Å². The van der Waals surface area contributed by atoms with Gasteiger partial charge in [-0.3, -0.25) is 9.59 Å². The Hall–Kier alpha value is -2.04. The predicted molar refractivity (Wildman–Crippen MR) is 109 cm³/mol. The van der Waals surface area contributed by atoms with E-state index in [4.69, 9.17) is 0 Å². The Morgan fingerprint density at radius 1 is 0.778 bits per heavy atom. The summed E-state index contributed by atoms with van der Waals surface area (Å²) in [6.07, 6.45) is 8.34. The van der Waals surface area contributed by atoms with Gasteiger partial charge >= 0.3 is 11.8 Å². The standard InChI is InChI=1S/C22H33N3O2/c1-2-3-4-6-15-24-16-17-25(22(27)21(24)26)18-19-9-11-20(12-10-19)23-13-7-5-8-14-23/h9-12H,2-8,13-18H2,1H3. The first-order valence-corrected chi connectivity index (χ1v) is 10.6. The van der Waals surface area contributed by atoms with E-state index in [9.17, 15) is 9.59 Å². The van der Waals surface area contributed by atoms with Gasteiger partial charge in [-0.15, -0.1) is 0 Å². The van der Waals surface area contributed by atoms with Gasteiger partial charge in [0.2, 0.25) is 0 Å². The van der Waals surface area contributed by atoms with Crippen LogP contribution in [0.1, 0.15) is 57.4 Å². The minimum atomic E-state index is -0.350. The number of hydrogen-bond donors (Lipinski definition) is 0. The molecular formula is C22H33N3O2. The third-order valence-electron chi connectivity index (χ3n) is 5.71. The molecule has 0 aromatic heterocycles.